The molecule has 1 aliphatic rings. The minimum absolute atomic E-state index is 0.0201. The summed E-state index contributed by atoms with van der Waals surface area (Å²) in [7, 11) is 1.54. The number of nitrogens with zero attached hydrogens (tertiary/aromatic N) is 4. The Kier molecular flexibility index (Phi) is 3.38. The van der Waals surface area contributed by atoms with Gasteiger partial charge < -0.3 is 9.67 Å². The van der Waals surface area contributed by atoms with Gasteiger partial charge in [-0.1, -0.05) is 6.42 Å². The Morgan fingerprint density at radius 3 is 2.62 bits per heavy atom. The van der Waals surface area contributed by atoms with Gasteiger partial charge in [-0.25, -0.2) is 14.3 Å². The van der Waals surface area contributed by atoms with Gasteiger partial charge in [0.15, 0.2) is 16.8 Å². The Bertz CT molecular complexity index is 971. The third kappa shape index (κ3) is 2.16. The first-order valence-electron chi connectivity index (χ1n) is 7.01. The van der Waals surface area contributed by atoms with Crippen LogP contribution in [-0.4, -0.2) is 35.6 Å². The molecule has 0 aliphatic heterocycles. The van der Waals surface area contributed by atoms with Crippen LogP contribution in [0, 0.1) is 18.4 Å². The van der Waals surface area contributed by atoms with E-state index in [0.717, 1.165) is 9.13 Å². The topological polar surface area (TPSA) is 82.0 Å². The van der Waals surface area contributed by atoms with Gasteiger partial charge in [0.2, 0.25) is 0 Å². The molecule has 0 atom stereocenters. The lowest BCUT2D eigenvalue weighted by atomic mass is 9.70. The van der Waals surface area contributed by atoms with Crippen LogP contribution >= 0.6 is 0 Å². The van der Waals surface area contributed by atoms with Crippen LogP contribution < -0.4 is 11.2 Å². The molecule has 3 rings (SSSR count). The number of aliphatic hydroxyl groups is 1. The average molecular weight is 342 g/mol. The number of halogens is 3. The lowest BCUT2D eigenvalue weighted by molar-refractivity contribution is -0.299. The van der Waals surface area contributed by atoms with E-state index in [4.69, 9.17) is 6.42 Å². The minimum atomic E-state index is -4.74. The first-order valence-corrected chi connectivity index (χ1v) is 7.01. The van der Waals surface area contributed by atoms with Crippen LogP contribution in [0.3, 0.4) is 0 Å². The van der Waals surface area contributed by atoms with Crippen LogP contribution in [0.4, 0.5) is 13.2 Å². The molecule has 7 nitrogen and oxygen atoms in total. The SMILES string of the molecule is C#Cn1c(=O)n(CC2CC(O)(C(F)(F)F)C2)c(=O)c2c1ncn2C. The summed E-state index contributed by atoms with van der Waals surface area (Å²) in [6.07, 6.45) is 0.725. The number of alkyl halides is 3. The number of aromatic nitrogens is 4. The third-order valence-corrected chi connectivity index (χ3v) is 4.35. The summed E-state index contributed by atoms with van der Waals surface area (Å²) in [4.78, 5) is 28.7. The molecule has 0 bridgehead atoms. The van der Waals surface area contributed by atoms with E-state index >= 15 is 0 Å². The highest BCUT2D eigenvalue weighted by Gasteiger charge is 2.61. The van der Waals surface area contributed by atoms with Gasteiger partial charge in [0.1, 0.15) is 0 Å². The fourth-order valence-corrected chi connectivity index (χ4v) is 3.05. The molecule has 0 saturated heterocycles. The normalized spacial score (nSPS) is 23.9. The molecule has 128 valence electrons. The molecular formula is C14H13F3N4O3. The highest BCUT2D eigenvalue weighted by atomic mass is 19.4. The number of fused-ring (bicyclic) bond motifs is 1. The molecule has 10 heteroatoms. The third-order valence-electron chi connectivity index (χ3n) is 4.35. The van der Waals surface area contributed by atoms with Crippen molar-refractivity contribution in [2.45, 2.75) is 31.2 Å². The van der Waals surface area contributed by atoms with Crippen LogP contribution in [0.15, 0.2) is 15.9 Å². The summed E-state index contributed by atoms with van der Waals surface area (Å²) < 4.78 is 41.0. The second-order valence-corrected chi connectivity index (χ2v) is 5.99. The van der Waals surface area contributed by atoms with Crippen molar-refractivity contribution >= 4 is 11.2 Å². The standard InChI is InChI=1S/C14H13F3N4O3/c1-3-20-10-9(19(2)7-18-10)11(22)21(12(20)23)6-8-4-13(24,5-8)14(15,16)17/h1,7-8,24H,4-6H2,2H3. The van der Waals surface area contributed by atoms with Crippen LogP contribution in [0.5, 0.6) is 0 Å². The number of hydrogen-bond donors (Lipinski definition) is 1. The molecule has 1 aliphatic carbocycles. The predicted molar refractivity (Wildman–Crippen MR) is 77.2 cm³/mol. The molecule has 2 aromatic heterocycles. The zero-order valence-corrected chi connectivity index (χ0v) is 12.5. The van der Waals surface area contributed by atoms with Crippen molar-refractivity contribution in [1.29, 1.82) is 0 Å². The summed E-state index contributed by atoms with van der Waals surface area (Å²) in [6.45, 7) is -0.251. The Morgan fingerprint density at radius 2 is 2.08 bits per heavy atom. The zero-order valence-electron chi connectivity index (χ0n) is 12.5. The van der Waals surface area contributed by atoms with Crippen molar-refractivity contribution in [1.82, 2.24) is 18.7 Å². The van der Waals surface area contributed by atoms with Crippen LogP contribution in [0.1, 0.15) is 12.8 Å². The Hall–Kier alpha value is -2.54. The van der Waals surface area contributed by atoms with Gasteiger partial charge in [0.25, 0.3) is 5.56 Å². The Balaban J connectivity index is 2.01. The lowest BCUT2D eigenvalue weighted by Gasteiger charge is -2.44. The maximum atomic E-state index is 12.7. The smallest absolute Gasteiger partial charge is 0.380 e. The molecule has 1 fully saturated rings. The number of aryl methyl sites for hydroxylation is 1. The first-order chi connectivity index (χ1) is 11.1. The fourth-order valence-electron chi connectivity index (χ4n) is 3.05. The predicted octanol–water partition coefficient (Wildman–Crippen LogP) is 0.0389. The maximum Gasteiger partial charge on any atom is 0.417 e. The zero-order chi connectivity index (χ0) is 17.9. The quantitative estimate of drug-likeness (QED) is 0.782. The second kappa shape index (κ2) is 4.98. The molecule has 0 amide bonds. The minimum Gasteiger partial charge on any atom is -0.380 e. The Morgan fingerprint density at radius 1 is 1.46 bits per heavy atom. The van der Waals surface area contributed by atoms with Crippen molar-refractivity contribution in [3.05, 3.63) is 27.2 Å². The molecule has 0 unspecified atom stereocenters. The van der Waals surface area contributed by atoms with E-state index in [-0.39, 0.29) is 17.7 Å². The molecule has 1 saturated carbocycles. The van der Waals surface area contributed by atoms with E-state index in [2.05, 4.69) is 11.0 Å². The van der Waals surface area contributed by atoms with Crippen LogP contribution in [0.25, 0.3) is 11.2 Å². The van der Waals surface area contributed by atoms with Crippen LogP contribution in [-0.2, 0) is 13.6 Å². The highest BCUT2D eigenvalue weighted by molar-refractivity contribution is 5.70. The van der Waals surface area contributed by atoms with Gasteiger partial charge in [0.05, 0.1) is 6.33 Å². The van der Waals surface area contributed by atoms with E-state index in [1.54, 1.807) is 0 Å². The number of imidazole rings is 1. The molecule has 1 N–H and O–H groups in total. The average Bonchev–Trinajstić information content (AvgIpc) is 2.82. The summed E-state index contributed by atoms with van der Waals surface area (Å²) >= 11 is 0. The van der Waals surface area contributed by atoms with E-state index < -0.39 is 41.8 Å². The summed E-state index contributed by atoms with van der Waals surface area (Å²) in [6, 6.07) is 2.11. The van der Waals surface area contributed by atoms with Crippen molar-refractivity contribution in [2.75, 3.05) is 0 Å². The van der Waals surface area contributed by atoms with Gasteiger partial charge in [-0.15, -0.1) is 0 Å². The van der Waals surface area contributed by atoms with Crippen LogP contribution in [0.2, 0.25) is 0 Å². The molecule has 0 aromatic carbocycles. The van der Waals surface area contributed by atoms with Gasteiger partial charge >= 0.3 is 11.9 Å². The number of rotatable bonds is 2. The molecule has 2 aromatic rings. The van der Waals surface area contributed by atoms with E-state index in [0.29, 0.717) is 0 Å². The molecule has 2 heterocycles. The number of hydrogen-bond acceptors (Lipinski definition) is 4. The van der Waals surface area contributed by atoms with Gasteiger partial charge in [-0.3, -0.25) is 9.36 Å². The molecule has 0 radical (unpaired) electrons. The highest BCUT2D eigenvalue weighted by Crippen LogP contribution is 2.48. The second-order valence-electron chi connectivity index (χ2n) is 5.99. The Labute approximate surface area is 133 Å². The lowest BCUT2D eigenvalue weighted by Crippen LogP contribution is -2.57. The van der Waals surface area contributed by atoms with Crippen molar-refractivity contribution in [2.24, 2.45) is 13.0 Å². The summed E-state index contributed by atoms with van der Waals surface area (Å²) in [5, 5.41) is 9.47. The molecule has 0 spiro atoms. The number of terminal acetylenes is 1. The summed E-state index contributed by atoms with van der Waals surface area (Å²) in [5.74, 6) is -0.654. The van der Waals surface area contributed by atoms with Gasteiger partial charge in [-0.05, 0) is 18.8 Å². The fraction of sp³-hybridized carbons (Fsp3) is 0.500. The monoisotopic (exact) mass is 342 g/mol. The van der Waals surface area contributed by atoms with Gasteiger partial charge in [-0.2, -0.15) is 13.2 Å². The molecule has 24 heavy (non-hydrogen) atoms. The maximum absolute atomic E-state index is 12.7. The summed E-state index contributed by atoms with van der Waals surface area (Å²) in [5.41, 5.74) is -4.17. The largest absolute Gasteiger partial charge is 0.417 e. The van der Waals surface area contributed by atoms with Crippen molar-refractivity contribution < 1.29 is 18.3 Å². The van der Waals surface area contributed by atoms with Crippen molar-refractivity contribution in [3.63, 3.8) is 0 Å². The first kappa shape index (κ1) is 16.3. The van der Waals surface area contributed by atoms with E-state index in [9.17, 15) is 27.9 Å². The molecular weight excluding hydrogens is 329 g/mol. The van der Waals surface area contributed by atoms with Crippen molar-refractivity contribution in [3.8, 4) is 12.5 Å². The van der Waals surface area contributed by atoms with Gasteiger partial charge in [0, 0.05) is 19.6 Å². The van der Waals surface area contributed by atoms with E-state index in [1.165, 1.54) is 17.9 Å². The van der Waals surface area contributed by atoms with E-state index in [1.807, 2.05) is 0 Å².